The summed E-state index contributed by atoms with van der Waals surface area (Å²) in [6.45, 7) is 4.39. The molecule has 0 spiro atoms. The Morgan fingerprint density at radius 3 is 2.78 bits per heavy atom. The van der Waals surface area contributed by atoms with Crippen LogP contribution in [0.1, 0.15) is 49.3 Å². The molecule has 18 heavy (non-hydrogen) atoms. The number of nitrogens with zero attached hydrogens (tertiary/aromatic N) is 3. The maximum Gasteiger partial charge on any atom is 0.0794 e. The first-order valence-corrected chi connectivity index (χ1v) is 7.30. The highest BCUT2D eigenvalue weighted by molar-refractivity contribution is 7.09. The van der Waals surface area contributed by atoms with E-state index < -0.39 is 0 Å². The van der Waals surface area contributed by atoms with E-state index >= 15 is 0 Å². The number of rotatable bonds is 6. The molecule has 2 aromatic rings. The third-order valence-corrected chi connectivity index (χ3v) is 4.13. The lowest BCUT2D eigenvalue weighted by atomic mass is 10.1. The van der Waals surface area contributed by atoms with Crippen molar-refractivity contribution in [1.29, 1.82) is 0 Å². The predicted molar refractivity (Wildman–Crippen MR) is 74.6 cm³/mol. The summed E-state index contributed by atoms with van der Waals surface area (Å²) in [5.41, 5.74) is 9.02. The van der Waals surface area contributed by atoms with Gasteiger partial charge in [0.1, 0.15) is 0 Å². The lowest BCUT2D eigenvalue weighted by Gasteiger charge is -2.12. The molecule has 0 aromatic carbocycles. The van der Waals surface area contributed by atoms with Crippen molar-refractivity contribution in [2.45, 2.75) is 45.2 Å². The molecule has 2 N–H and O–H groups in total. The number of nitrogens with two attached hydrogens (primary N) is 1. The van der Waals surface area contributed by atoms with Gasteiger partial charge in [-0.2, -0.15) is 5.10 Å². The minimum Gasteiger partial charge on any atom is -0.323 e. The SMILES string of the molecule is CCC(CC)n1ccc(CC(N)c2cncs2)n1. The van der Waals surface area contributed by atoms with Crippen LogP contribution in [-0.2, 0) is 6.42 Å². The van der Waals surface area contributed by atoms with Crippen LogP contribution in [-0.4, -0.2) is 14.8 Å². The van der Waals surface area contributed by atoms with Gasteiger partial charge in [0.2, 0.25) is 0 Å². The first-order valence-electron chi connectivity index (χ1n) is 6.42. The summed E-state index contributed by atoms with van der Waals surface area (Å²) in [5.74, 6) is 0. The highest BCUT2D eigenvalue weighted by Crippen LogP contribution is 2.20. The van der Waals surface area contributed by atoms with Gasteiger partial charge in [-0.15, -0.1) is 11.3 Å². The van der Waals surface area contributed by atoms with Gasteiger partial charge in [0.05, 0.1) is 17.2 Å². The molecule has 0 fully saturated rings. The van der Waals surface area contributed by atoms with E-state index in [1.54, 1.807) is 11.3 Å². The molecular weight excluding hydrogens is 244 g/mol. The Hall–Kier alpha value is -1.20. The Balaban J connectivity index is 2.02. The maximum atomic E-state index is 6.14. The highest BCUT2D eigenvalue weighted by Gasteiger charge is 2.12. The Morgan fingerprint density at radius 2 is 2.17 bits per heavy atom. The van der Waals surface area contributed by atoms with Gasteiger partial charge in [-0.3, -0.25) is 9.67 Å². The summed E-state index contributed by atoms with van der Waals surface area (Å²) in [7, 11) is 0. The molecule has 5 heteroatoms. The summed E-state index contributed by atoms with van der Waals surface area (Å²) < 4.78 is 2.06. The lowest BCUT2D eigenvalue weighted by molar-refractivity contribution is 0.424. The fourth-order valence-electron chi connectivity index (χ4n) is 2.09. The van der Waals surface area contributed by atoms with Gasteiger partial charge in [-0.1, -0.05) is 13.8 Å². The van der Waals surface area contributed by atoms with Crippen molar-refractivity contribution in [3.05, 3.63) is 34.5 Å². The normalized spacial score (nSPS) is 13.1. The van der Waals surface area contributed by atoms with Crippen LogP contribution in [0.4, 0.5) is 0 Å². The van der Waals surface area contributed by atoms with E-state index in [0.717, 1.165) is 29.8 Å². The number of thiazole rings is 1. The molecule has 2 aromatic heterocycles. The number of aromatic nitrogens is 3. The zero-order valence-electron chi connectivity index (χ0n) is 10.9. The van der Waals surface area contributed by atoms with Crippen LogP contribution in [0, 0.1) is 0 Å². The predicted octanol–water partition coefficient (Wildman–Crippen LogP) is 2.94. The van der Waals surface area contributed by atoms with Crippen molar-refractivity contribution in [2.24, 2.45) is 5.73 Å². The lowest BCUT2D eigenvalue weighted by Crippen LogP contribution is -2.13. The first kappa shape index (κ1) is 13.2. The molecule has 0 radical (unpaired) electrons. The molecule has 0 bridgehead atoms. The van der Waals surface area contributed by atoms with Crippen LogP contribution >= 0.6 is 11.3 Å². The fraction of sp³-hybridized carbons (Fsp3) is 0.538. The third-order valence-electron chi connectivity index (χ3n) is 3.23. The van der Waals surface area contributed by atoms with E-state index in [-0.39, 0.29) is 6.04 Å². The third kappa shape index (κ3) is 2.97. The largest absolute Gasteiger partial charge is 0.323 e. The minimum atomic E-state index is 0.00236. The molecule has 0 amide bonds. The molecule has 98 valence electrons. The molecule has 0 aliphatic rings. The molecule has 0 saturated carbocycles. The van der Waals surface area contributed by atoms with Crippen LogP contribution in [0.15, 0.2) is 24.0 Å². The van der Waals surface area contributed by atoms with E-state index in [1.165, 1.54) is 0 Å². The van der Waals surface area contributed by atoms with Gasteiger partial charge in [-0.25, -0.2) is 0 Å². The van der Waals surface area contributed by atoms with Crippen LogP contribution < -0.4 is 5.73 Å². The van der Waals surface area contributed by atoms with Crippen molar-refractivity contribution in [1.82, 2.24) is 14.8 Å². The average molecular weight is 264 g/mol. The van der Waals surface area contributed by atoms with Crippen LogP contribution in [0.25, 0.3) is 0 Å². The summed E-state index contributed by atoms with van der Waals surface area (Å²) >= 11 is 1.60. The van der Waals surface area contributed by atoms with E-state index in [9.17, 15) is 0 Å². The standard InChI is InChI=1S/C13H20N4S/c1-3-11(4-2)17-6-5-10(16-17)7-12(14)13-8-15-9-18-13/h5-6,8-9,11-12H,3-4,7,14H2,1-2H3. The van der Waals surface area contributed by atoms with Gasteiger partial charge in [0.25, 0.3) is 0 Å². The number of hydrogen-bond donors (Lipinski definition) is 1. The second-order valence-corrected chi connectivity index (χ2v) is 5.39. The molecule has 0 aliphatic carbocycles. The van der Waals surface area contributed by atoms with Gasteiger partial charge < -0.3 is 5.73 Å². The average Bonchev–Trinajstić information content (AvgIpc) is 3.01. The summed E-state index contributed by atoms with van der Waals surface area (Å²) in [6, 6.07) is 2.57. The molecule has 1 atom stereocenters. The molecule has 0 saturated heterocycles. The Bertz CT molecular complexity index is 459. The smallest absolute Gasteiger partial charge is 0.0794 e. The summed E-state index contributed by atoms with van der Waals surface area (Å²) in [5, 5.41) is 4.62. The minimum absolute atomic E-state index is 0.00236. The number of hydrogen-bond acceptors (Lipinski definition) is 4. The second-order valence-electron chi connectivity index (χ2n) is 4.47. The topological polar surface area (TPSA) is 56.7 Å². The van der Waals surface area contributed by atoms with Crippen molar-refractivity contribution in [2.75, 3.05) is 0 Å². The Labute approximate surface area is 112 Å². The molecule has 2 rings (SSSR count). The summed E-state index contributed by atoms with van der Waals surface area (Å²) in [6.07, 6.45) is 6.89. The van der Waals surface area contributed by atoms with Crippen LogP contribution in [0.5, 0.6) is 0 Å². The van der Waals surface area contributed by atoms with E-state index in [1.807, 2.05) is 11.7 Å². The van der Waals surface area contributed by atoms with Crippen molar-refractivity contribution < 1.29 is 0 Å². The van der Waals surface area contributed by atoms with E-state index in [4.69, 9.17) is 5.73 Å². The van der Waals surface area contributed by atoms with Gasteiger partial charge in [0, 0.05) is 29.7 Å². The molecule has 1 unspecified atom stereocenters. The fourth-order valence-corrected chi connectivity index (χ4v) is 2.71. The Kier molecular flexibility index (Phi) is 4.49. The molecular formula is C13H20N4S. The highest BCUT2D eigenvalue weighted by atomic mass is 32.1. The zero-order valence-corrected chi connectivity index (χ0v) is 11.7. The molecule has 4 nitrogen and oxygen atoms in total. The summed E-state index contributed by atoms with van der Waals surface area (Å²) in [4.78, 5) is 5.18. The quantitative estimate of drug-likeness (QED) is 0.872. The second kappa shape index (κ2) is 6.11. The van der Waals surface area contributed by atoms with E-state index in [0.29, 0.717) is 6.04 Å². The first-order chi connectivity index (χ1) is 8.74. The van der Waals surface area contributed by atoms with Crippen LogP contribution in [0.2, 0.25) is 0 Å². The van der Waals surface area contributed by atoms with Gasteiger partial charge in [-0.05, 0) is 18.9 Å². The monoisotopic (exact) mass is 264 g/mol. The van der Waals surface area contributed by atoms with Crippen molar-refractivity contribution >= 4 is 11.3 Å². The molecule has 0 aliphatic heterocycles. The molecule has 2 heterocycles. The van der Waals surface area contributed by atoms with Gasteiger partial charge >= 0.3 is 0 Å². The van der Waals surface area contributed by atoms with Gasteiger partial charge in [0.15, 0.2) is 0 Å². The Morgan fingerprint density at radius 1 is 1.39 bits per heavy atom. The maximum absolute atomic E-state index is 6.14. The van der Waals surface area contributed by atoms with Crippen molar-refractivity contribution in [3.8, 4) is 0 Å². The van der Waals surface area contributed by atoms with Crippen LogP contribution in [0.3, 0.4) is 0 Å². The zero-order chi connectivity index (χ0) is 13.0. The van der Waals surface area contributed by atoms with Crippen molar-refractivity contribution in [3.63, 3.8) is 0 Å². The van der Waals surface area contributed by atoms with E-state index in [2.05, 4.69) is 40.9 Å².